The van der Waals surface area contributed by atoms with Gasteiger partial charge in [-0.15, -0.1) is 0 Å². The van der Waals surface area contributed by atoms with Crippen molar-refractivity contribution in [2.24, 2.45) is 0 Å². The highest BCUT2D eigenvalue weighted by molar-refractivity contribution is 6.44. The van der Waals surface area contributed by atoms with Crippen molar-refractivity contribution < 1.29 is 8.63 Å². The molecule has 0 spiro atoms. The van der Waals surface area contributed by atoms with Gasteiger partial charge in [-0.3, -0.25) is 8.63 Å². The van der Waals surface area contributed by atoms with Gasteiger partial charge in [0.15, 0.2) is 0 Å². The molecule has 44 valence electrons. The smallest absolute Gasteiger partial charge is 0.287 e. The first kappa shape index (κ1) is 7.41. The first-order valence-corrected chi connectivity index (χ1v) is 2.33. The van der Waals surface area contributed by atoms with Crippen LogP contribution in [0.2, 0.25) is 5.82 Å². The lowest BCUT2D eigenvalue weighted by Crippen LogP contribution is -2.04. The maximum atomic E-state index is 11.5. The predicted octanol–water partition coefficient (Wildman–Crippen LogP) is 1.72. The Morgan fingerprint density at radius 3 is 2.38 bits per heavy atom. The molecule has 0 saturated carbocycles. The highest BCUT2D eigenvalue weighted by Gasteiger charge is 2.21. The van der Waals surface area contributed by atoms with E-state index in [2.05, 4.69) is 0 Å². The lowest BCUT2D eigenvalue weighted by molar-refractivity contribution is 0.614. The van der Waals surface area contributed by atoms with Crippen LogP contribution in [0, 0.1) is 11.3 Å². The van der Waals surface area contributed by atoms with Gasteiger partial charge in [0.25, 0.3) is 0 Å². The van der Waals surface area contributed by atoms with Crippen LogP contribution in [0.3, 0.4) is 0 Å². The molecule has 0 N–H and O–H groups in total. The third-order valence-corrected chi connectivity index (χ3v) is 0.843. The lowest BCUT2D eigenvalue weighted by Gasteiger charge is -1.96. The van der Waals surface area contributed by atoms with Crippen molar-refractivity contribution in [2.45, 2.75) is 19.2 Å². The average molecular weight is 117 g/mol. The lowest BCUT2D eigenvalue weighted by atomic mass is 9.78. The quantitative estimate of drug-likeness (QED) is 0.505. The van der Waals surface area contributed by atoms with Gasteiger partial charge in [0.2, 0.25) is 0 Å². The van der Waals surface area contributed by atoms with E-state index in [-0.39, 0.29) is 6.42 Å². The van der Waals surface area contributed by atoms with Crippen molar-refractivity contribution >= 4 is 7.27 Å². The van der Waals surface area contributed by atoms with Crippen LogP contribution in [0.5, 0.6) is 0 Å². The summed E-state index contributed by atoms with van der Waals surface area (Å²) in [6.45, 7) is 1.36. The summed E-state index contributed by atoms with van der Waals surface area (Å²) in [5.41, 5.74) is 0. The third-order valence-electron chi connectivity index (χ3n) is 0.843. The molecular formula is C4H6BF2N. The molecule has 4 heteroatoms. The SMILES string of the molecule is CC(CC#N)B(F)F. The van der Waals surface area contributed by atoms with Crippen molar-refractivity contribution in [2.75, 3.05) is 0 Å². The van der Waals surface area contributed by atoms with Crippen molar-refractivity contribution in [1.29, 1.82) is 5.26 Å². The summed E-state index contributed by atoms with van der Waals surface area (Å²) >= 11 is 0. The molecule has 0 amide bonds. The molecule has 0 saturated heterocycles. The monoisotopic (exact) mass is 117 g/mol. The molecule has 0 rings (SSSR count). The maximum Gasteiger partial charge on any atom is 0.541 e. The molecule has 1 nitrogen and oxygen atoms in total. The standard InChI is InChI=1S/C4H6BF2N/c1-4(2-3-8)5(6)7/h4H,2H2,1H3. The van der Waals surface area contributed by atoms with Crippen LogP contribution in [0.1, 0.15) is 13.3 Å². The molecule has 0 aliphatic heterocycles. The molecule has 0 radical (unpaired) electrons. The van der Waals surface area contributed by atoms with Gasteiger partial charge in [-0.05, 0) is 0 Å². The first-order chi connectivity index (χ1) is 3.68. The van der Waals surface area contributed by atoms with Gasteiger partial charge in [0.1, 0.15) is 0 Å². The molecule has 1 atom stereocenters. The zero-order valence-corrected chi connectivity index (χ0v) is 4.56. The van der Waals surface area contributed by atoms with Crippen molar-refractivity contribution in [3.8, 4) is 6.07 Å². The molecule has 0 aromatic rings. The number of hydrogen-bond donors (Lipinski definition) is 0. The molecule has 0 aromatic carbocycles. The Morgan fingerprint density at radius 1 is 1.75 bits per heavy atom. The molecule has 0 aliphatic carbocycles. The van der Waals surface area contributed by atoms with Crippen LogP contribution in [0.4, 0.5) is 8.63 Å². The minimum Gasteiger partial charge on any atom is -0.287 e. The van der Waals surface area contributed by atoms with E-state index in [0.717, 1.165) is 0 Å². The van der Waals surface area contributed by atoms with Crippen molar-refractivity contribution in [3.63, 3.8) is 0 Å². The third kappa shape index (κ3) is 2.56. The molecular weight excluding hydrogens is 111 g/mol. The highest BCUT2D eigenvalue weighted by Crippen LogP contribution is 2.14. The van der Waals surface area contributed by atoms with Crippen molar-refractivity contribution in [3.05, 3.63) is 0 Å². The van der Waals surface area contributed by atoms with Gasteiger partial charge in [-0.25, -0.2) is 0 Å². The van der Waals surface area contributed by atoms with Crippen LogP contribution in [-0.2, 0) is 0 Å². The van der Waals surface area contributed by atoms with Crippen LogP contribution in [0.25, 0.3) is 0 Å². The van der Waals surface area contributed by atoms with Gasteiger partial charge < -0.3 is 0 Å². The topological polar surface area (TPSA) is 23.8 Å². The molecule has 0 heterocycles. The maximum absolute atomic E-state index is 11.5. The highest BCUT2D eigenvalue weighted by atomic mass is 19.2. The van der Waals surface area contributed by atoms with E-state index in [1.165, 1.54) is 6.92 Å². The summed E-state index contributed by atoms with van der Waals surface area (Å²) in [5.74, 6) is -0.778. The number of rotatable bonds is 2. The molecule has 0 bridgehead atoms. The Kier molecular flexibility index (Phi) is 3.17. The Morgan fingerprint density at radius 2 is 2.25 bits per heavy atom. The second kappa shape index (κ2) is 3.42. The van der Waals surface area contributed by atoms with Crippen LogP contribution >= 0.6 is 0 Å². The number of halogens is 2. The van der Waals surface area contributed by atoms with Gasteiger partial charge in [0, 0.05) is 12.2 Å². The van der Waals surface area contributed by atoms with E-state index < -0.39 is 13.1 Å². The Balaban J connectivity index is 3.35. The van der Waals surface area contributed by atoms with Gasteiger partial charge >= 0.3 is 7.27 Å². The molecule has 0 fully saturated rings. The van der Waals surface area contributed by atoms with Crippen molar-refractivity contribution in [1.82, 2.24) is 0 Å². The molecule has 0 aliphatic rings. The van der Waals surface area contributed by atoms with E-state index in [0.29, 0.717) is 0 Å². The summed E-state index contributed by atoms with van der Waals surface area (Å²) in [6.07, 6.45) is -0.0579. The van der Waals surface area contributed by atoms with Gasteiger partial charge in [-0.1, -0.05) is 6.92 Å². The van der Waals surface area contributed by atoms with Gasteiger partial charge in [-0.2, -0.15) is 5.26 Å². The second-order valence-corrected chi connectivity index (χ2v) is 1.67. The van der Waals surface area contributed by atoms with E-state index in [9.17, 15) is 8.63 Å². The molecule has 0 aromatic heterocycles. The zero-order chi connectivity index (χ0) is 6.57. The number of hydrogen-bond acceptors (Lipinski definition) is 1. The summed E-state index contributed by atoms with van der Waals surface area (Å²) in [4.78, 5) is 0. The summed E-state index contributed by atoms with van der Waals surface area (Å²) in [7, 11) is -2.35. The predicted molar refractivity (Wildman–Crippen MR) is 27.6 cm³/mol. The minimum atomic E-state index is -2.35. The van der Waals surface area contributed by atoms with E-state index in [1.807, 2.05) is 0 Å². The summed E-state index contributed by atoms with van der Waals surface area (Å²) in [5, 5.41) is 7.90. The fraction of sp³-hybridized carbons (Fsp3) is 0.750. The van der Waals surface area contributed by atoms with Crippen LogP contribution in [0.15, 0.2) is 0 Å². The van der Waals surface area contributed by atoms with E-state index in [4.69, 9.17) is 5.26 Å². The molecule has 1 unspecified atom stereocenters. The Hall–Kier alpha value is -0.585. The zero-order valence-electron chi connectivity index (χ0n) is 4.56. The normalized spacial score (nSPS) is 12.2. The first-order valence-electron chi connectivity index (χ1n) is 2.33. The Bertz CT molecular complexity index is 98.7. The summed E-state index contributed by atoms with van der Waals surface area (Å²) < 4.78 is 22.9. The minimum absolute atomic E-state index is 0.0579. The number of nitrogens with zero attached hydrogens (tertiary/aromatic N) is 1. The average Bonchev–Trinajstić information content (AvgIpc) is 1.67. The van der Waals surface area contributed by atoms with Crippen LogP contribution < -0.4 is 0 Å². The molecule has 8 heavy (non-hydrogen) atoms. The number of nitriles is 1. The van der Waals surface area contributed by atoms with E-state index in [1.54, 1.807) is 6.07 Å². The fourth-order valence-electron chi connectivity index (χ4n) is 0.233. The largest absolute Gasteiger partial charge is 0.541 e. The van der Waals surface area contributed by atoms with E-state index >= 15 is 0 Å². The fourth-order valence-corrected chi connectivity index (χ4v) is 0.233. The Labute approximate surface area is 47.5 Å². The van der Waals surface area contributed by atoms with Gasteiger partial charge in [0.05, 0.1) is 6.07 Å². The summed E-state index contributed by atoms with van der Waals surface area (Å²) in [6, 6.07) is 1.67. The van der Waals surface area contributed by atoms with Crippen LogP contribution in [-0.4, -0.2) is 7.27 Å². The second-order valence-electron chi connectivity index (χ2n) is 1.67.